The molecule has 0 aliphatic heterocycles. The van der Waals surface area contributed by atoms with Gasteiger partial charge in [0.2, 0.25) is 0 Å². The molecule has 0 bridgehead atoms. The largest absolute Gasteiger partial charge is 0.467 e. The average Bonchev–Trinajstić information content (AvgIpc) is 2.35. The van der Waals surface area contributed by atoms with Crippen molar-refractivity contribution in [2.45, 2.75) is 0 Å². The van der Waals surface area contributed by atoms with Crippen LogP contribution in [-0.2, 0) is 9.57 Å². The van der Waals surface area contributed by atoms with E-state index in [1.165, 1.54) is 31.4 Å². The zero-order valence-electron chi connectivity index (χ0n) is 8.51. The molecule has 0 spiro atoms. The first-order chi connectivity index (χ1) is 7.67. The van der Waals surface area contributed by atoms with Gasteiger partial charge in [-0.05, 0) is 29.4 Å². The molecule has 0 radical (unpaired) electrons. The maximum absolute atomic E-state index is 11.3. The van der Waals surface area contributed by atoms with Crippen LogP contribution in [0.15, 0.2) is 29.4 Å². The van der Waals surface area contributed by atoms with Gasteiger partial charge in [0.05, 0.1) is 24.3 Å². The van der Waals surface area contributed by atoms with Crippen LogP contribution in [0.5, 0.6) is 0 Å². The molecule has 6 heteroatoms. The SMILES string of the molecule is CO/C(N)=N/OC(=O)c1ccc(C#N)cc1. The molecule has 82 valence electrons. The topological polar surface area (TPSA) is 97.7 Å². The van der Waals surface area contributed by atoms with Gasteiger partial charge in [-0.25, -0.2) is 4.79 Å². The third-order valence-electron chi connectivity index (χ3n) is 1.68. The van der Waals surface area contributed by atoms with Crippen LogP contribution in [0.1, 0.15) is 15.9 Å². The number of nitrogens with zero attached hydrogens (tertiary/aromatic N) is 2. The molecule has 0 saturated carbocycles. The Labute approximate surface area is 91.9 Å². The van der Waals surface area contributed by atoms with Gasteiger partial charge in [-0.15, -0.1) is 0 Å². The van der Waals surface area contributed by atoms with E-state index < -0.39 is 5.97 Å². The second kappa shape index (κ2) is 5.36. The molecule has 0 atom stereocenters. The number of nitrogens with two attached hydrogens (primary N) is 1. The Kier molecular flexibility index (Phi) is 3.86. The van der Waals surface area contributed by atoms with Crippen molar-refractivity contribution < 1.29 is 14.4 Å². The highest BCUT2D eigenvalue weighted by molar-refractivity contribution is 5.89. The lowest BCUT2D eigenvalue weighted by molar-refractivity contribution is 0.0503. The molecular formula is C10H9N3O3. The minimum Gasteiger partial charge on any atom is -0.467 e. The van der Waals surface area contributed by atoms with Crippen LogP contribution in [0.3, 0.4) is 0 Å². The number of oxime groups is 1. The Morgan fingerprint density at radius 3 is 2.56 bits per heavy atom. The normalized spacial score (nSPS) is 10.4. The zero-order chi connectivity index (χ0) is 12.0. The van der Waals surface area contributed by atoms with E-state index in [-0.39, 0.29) is 11.6 Å². The van der Waals surface area contributed by atoms with Gasteiger partial charge in [-0.2, -0.15) is 5.26 Å². The second-order valence-electron chi connectivity index (χ2n) is 2.70. The molecule has 2 N–H and O–H groups in total. The molecule has 0 unspecified atom stereocenters. The minimum absolute atomic E-state index is 0.248. The highest BCUT2D eigenvalue weighted by Crippen LogP contribution is 2.05. The summed E-state index contributed by atoms with van der Waals surface area (Å²) in [5, 5.41) is 11.8. The van der Waals surface area contributed by atoms with E-state index >= 15 is 0 Å². The molecule has 0 saturated heterocycles. The summed E-state index contributed by atoms with van der Waals surface area (Å²) in [5.74, 6) is -0.676. The van der Waals surface area contributed by atoms with Crippen LogP contribution in [0.25, 0.3) is 0 Å². The summed E-state index contributed by atoms with van der Waals surface area (Å²) in [6, 6.07) is 7.60. The Morgan fingerprint density at radius 2 is 2.06 bits per heavy atom. The summed E-state index contributed by atoms with van der Waals surface area (Å²) in [6.07, 6.45) is 0. The average molecular weight is 219 g/mol. The Hall–Kier alpha value is -2.55. The number of benzene rings is 1. The van der Waals surface area contributed by atoms with Gasteiger partial charge in [0.15, 0.2) is 0 Å². The summed E-state index contributed by atoms with van der Waals surface area (Å²) in [5.41, 5.74) is 5.88. The monoisotopic (exact) mass is 219 g/mol. The molecule has 0 amide bonds. The lowest BCUT2D eigenvalue weighted by atomic mass is 10.1. The molecular weight excluding hydrogens is 210 g/mol. The van der Waals surface area contributed by atoms with Crippen molar-refractivity contribution >= 4 is 12.0 Å². The highest BCUT2D eigenvalue weighted by Gasteiger charge is 2.07. The smallest absolute Gasteiger partial charge is 0.365 e. The summed E-state index contributed by atoms with van der Waals surface area (Å²) in [4.78, 5) is 15.8. The maximum Gasteiger partial charge on any atom is 0.365 e. The van der Waals surface area contributed by atoms with E-state index in [1.54, 1.807) is 0 Å². The van der Waals surface area contributed by atoms with Crippen molar-refractivity contribution in [2.24, 2.45) is 10.9 Å². The van der Waals surface area contributed by atoms with E-state index in [9.17, 15) is 4.79 Å². The van der Waals surface area contributed by atoms with Crippen LogP contribution in [-0.4, -0.2) is 19.1 Å². The molecule has 0 heterocycles. The fraction of sp³-hybridized carbons (Fsp3) is 0.100. The number of amidine groups is 1. The van der Waals surface area contributed by atoms with Gasteiger partial charge in [0.1, 0.15) is 0 Å². The van der Waals surface area contributed by atoms with E-state index in [2.05, 4.69) is 14.7 Å². The van der Waals surface area contributed by atoms with Crippen LogP contribution < -0.4 is 5.73 Å². The van der Waals surface area contributed by atoms with Gasteiger partial charge >= 0.3 is 12.0 Å². The second-order valence-corrected chi connectivity index (χ2v) is 2.70. The van der Waals surface area contributed by atoms with Crippen LogP contribution in [0.4, 0.5) is 0 Å². The standard InChI is InChI=1S/C10H9N3O3/c1-15-10(12)13-16-9(14)8-4-2-7(6-11)3-5-8/h2-5H,1H3,(H2,12,13). The predicted molar refractivity (Wildman–Crippen MR) is 55.2 cm³/mol. The summed E-state index contributed by atoms with van der Waals surface area (Å²) in [6.45, 7) is 0. The fourth-order valence-corrected chi connectivity index (χ4v) is 0.857. The number of hydrogen-bond donors (Lipinski definition) is 1. The van der Waals surface area contributed by atoms with Gasteiger partial charge < -0.3 is 15.3 Å². The van der Waals surface area contributed by atoms with Crippen molar-refractivity contribution in [3.8, 4) is 6.07 Å². The minimum atomic E-state index is -0.676. The first-order valence-corrected chi connectivity index (χ1v) is 4.26. The van der Waals surface area contributed by atoms with E-state index in [4.69, 9.17) is 11.0 Å². The van der Waals surface area contributed by atoms with E-state index in [1.807, 2.05) is 6.07 Å². The first kappa shape index (κ1) is 11.5. The highest BCUT2D eigenvalue weighted by atomic mass is 16.7. The molecule has 1 aromatic rings. The van der Waals surface area contributed by atoms with Crippen molar-refractivity contribution in [2.75, 3.05) is 7.11 Å². The van der Waals surface area contributed by atoms with E-state index in [0.717, 1.165) is 0 Å². The Balaban J connectivity index is 2.71. The van der Waals surface area contributed by atoms with Crippen molar-refractivity contribution in [3.63, 3.8) is 0 Å². The predicted octanol–water partition coefficient (Wildman–Crippen LogP) is 0.591. The molecule has 0 aromatic heterocycles. The number of ether oxygens (including phenoxy) is 1. The van der Waals surface area contributed by atoms with Crippen LogP contribution in [0, 0.1) is 11.3 Å². The van der Waals surface area contributed by atoms with Crippen LogP contribution >= 0.6 is 0 Å². The zero-order valence-corrected chi connectivity index (χ0v) is 8.51. The van der Waals surface area contributed by atoms with Crippen molar-refractivity contribution in [3.05, 3.63) is 35.4 Å². The number of hydrogen-bond acceptors (Lipinski definition) is 5. The van der Waals surface area contributed by atoms with Gasteiger partial charge in [-0.3, -0.25) is 0 Å². The molecule has 16 heavy (non-hydrogen) atoms. The van der Waals surface area contributed by atoms with Gasteiger partial charge in [0.25, 0.3) is 0 Å². The quantitative estimate of drug-likeness (QED) is 0.340. The lowest BCUT2D eigenvalue weighted by Crippen LogP contribution is -2.15. The number of nitriles is 1. The Bertz CT molecular complexity index is 445. The summed E-state index contributed by atoms with van der Waals surface area (Å²) in [7, 11) is 1.30. The summed E-state index contributed by atoms with van der Waals surface area (Å²) >= 11 is 0. The lowest BCUT2D eigenvalue weighted by Gasteiger charge is -1.99. The van der Waals surface area contributed by atoms with Gasteiger partial charge in [0, 0.05) is 0 Å². The van der Waals surface area contributed by atoms with Crippen molar-refractivity contribution in [1.29, 1.82) is 5.26 Å². The molecule has 1 rings (SSSR count). The Morgan fingerprint density at radius 1 is 1.44 bits per heavy atom. The molecule has 0 aliphatic carbocycles. The van der Waals surface area contributed by atoms with E-state index in [0.29, 0.717) is 5.56 Å². The third kappa shape index (κ3) is 2.99. The fourth-order valence-electron chi connectivity index (χ4n) is 0.857. The van der Waals surface area contributed by atoms with Crippen LogP contribution in [0.2, 0.25) is 0 Å². The van der Waals surface area contributed by atoms with Gasteiger partial charge in [-0.1, -0.05) is 0 Å². The number of carbonyl (C=O) groups excluding carboxylic acids is 1. The summed E-state index contributed by atoms with van der Waals surface area (Å²) < 4.78 is 4.48. The molecule has 0 fully saturated rings. The molecule has 1 aromatic carbocycles. The third-order valence-corrected chi connectivity index (χ3v) is 1.68. The van der Waals surface area contributed by atoms with Crippen molar-refractivity contribution in [1.82, 2.24) is 0 Å². The maximum atomic E-state index is 11.3. The molecule has 0 aliphatic rings. The first-order valence-electron chi connectivity index (χ1n) is 4.26. The molecule has 6 nitrogen and oxygen atoms in total. The number of carbonyl (C=O) groups is 1. The number of rotatable bonds is 2. The number of methoxy groups -OCH3 is 1.